The van der Waals surface area contributed by atoms with Crippen LogP contribution in [0.25, 0.3) is 0 Å². The molecular weight excluding hydrogens is 424 g/mol. The molecule has 0 amide bonds. The number of aromatic hydroxyl groups is 2. The van der Waals surface area contributed by atoms with Crippen LogP contribution in [0, 0.1) is 0 Å². The number of hydrogen-bond donors (Lipinski definition) is 2. The summed E-state index contributed by atoms with van der Waals surface area (Å²) in [6, 6.07) is 7.84. The smallest absolute Gasteiger partial charge is 0.126 e. The van der Waals surface area contributed by atoms with Gasteiger partial charge in [-0.3, -0.25) is 0 Å². The van der Waals surface area contributed by atoms with Gasteiger partial charge in [-0.05, 0) is 42.3 Å². The molecule has 0 bridgehead atoms. The first-order valence-electron chi connectivity index (χ1n) is 11.0. The van der Waals surface area contributed by atoms with E-state index in [1.807, 2.05) is 31.2 Å². The highest BCUT2D eigenvalue weighted by Gasteiger charge is 2.28. The van der Waals surface area contributed by atoms with Crippen molar-refractivity contribution < 1.29 is 33.9 Å². The summed E-state index contributed by atoms with van der Waals surface area (Å²) in [6.45, 7) is 7.69. The van der Waals surface area contributed by atoms with E-state index in [4.69, 9.17) is 23.7 Å². The minimum atomic E-state index is -0.457. The van der Waals surface area contributed by atoms with Crippen molar-refractivity contribution in [2.24, 2.45) is 0 Å². The van der Waals surface area contributed by atoms with Gasteiger partial charge in [0.05, 0.1) is 39.1 Å². The summed E-state index contributed by atoms with van der Waals surface area (Å²) < 4.78 is 27.0. The molecule has 7 heteroatoms. The Hall–Kier alpha value is -2.16. The quantitative estimate of drug-likeness (QED) is 0.456. The van der Waals surface area contributed by atoms with Gasteiger partial charge in [0.15, 0.2) is 0 Å². The Kier molecular flexibility index (Phi) is 10.1. The molecule has 2 N–H and O–H groups in total. The van der Waals surface area contributed by atoms with Gasteiger partial charge in [-0.1, -0.05) is 13.8 Å². The Morgan fingerprint density at radius 1 is 0.667 bits per heavy atom. The van der Waals surface area contributed by atoms with Crippen LogP contribution < -0.4 is 0 Å². The van der Waals surface area contributed by atoms with Crippen molar-refractivity contribution in [3.05, 3.63) is 57.6 Å². The van der Waals surface area contributed by atoms with Gasteiger partial charge >= 0.3 is 0 Å². The average molecular weight is 463 g/mol. The van der Waals surface area contributed by atoms with Gasteiger partial charge in [-0.25, -0.2) is 0 Å². The molecule has 7 nitrogen and oxygen atoms in total. The molecule has 0 fully saturated rings. The average Bonchev–Trinajstić information content (AvgIpc) is 2.77. The van der Waals surface area contributed by atoms with Gasteiger partial charge < -0.3 is 33.9 Å². The molecule has 0 heterocycles. The number of methoxy groups -OCH3 is 4. The Labute approximate surface area is 197 Å². The summed E-state index contributed by atoms with van der Waals surface area (Å²) >= 11 is 0. The van der Waals surface area contributed by atoms with Crippen molar-refractivity contribution in [1.29, 1.82) is 0 Å². The van der Waals surface area contributed by atoms with E-state index in [0.717, 1.165) is 11.1 Å². The molecule has 0 aliphatic rings. The number of hydrogen-bond acceptors (Lipinski definition) is 7. The lowest BCUT2D eigenvalue weighted by Gasteiger charge is -2.29. The van der Waals surface area contributed by atoms with Crippen LogP contribution in [0.1, 0.15) is 54.2 Å². The van der Waals surface area contributed by atoms with Crippen LogP contribution in [0.15, 0.2) is 24.3 Å². The van der Waals surface area contributed by atoms with Crippen molar-refractivity contribution in [3.63, 3.8) is 0 Å². The SMILES string of the molecule is COCc1cc(C(C)(C)c2cc(COC)c(O)c(COC(C)COC)c2)cc(COC)c1O. The molecule has 1 unspecified atom stereocenters. The van der Waals surface area contributed by atoms with Crippen LogP contribution in [-0.2, 0) is 55.5 Å². The van der Waals surface area contributed by atoms with Gasteiger partial charge in [-0.15, -0.1) is 0 Å². The maximum absolute atomic E-state index is 10.8. The molecule has 33 heavy (non-hydrogen) atoms. The second kappa shape index (κ2) is 12.3. The van der Waals surface area contributed by atoms with Crippen LogP contribution in [0.3, 0.4) is 0 Å². The van der Waals surface area contributed by atoms with E-state index in [1.165, 1.54) is 0 Å². The zero-order valence-corrected chi connectivity index (χ0v) is 20.9. The van der Waals surface area contributed by atoms with E-state index in [9.17, 15) is 10.2 Å². The first kappa shape index (κ1) is 27.1. The van der Waals surface area contributed by atoms with Gasteiger partial charge in [0.25, 0.3) is 0 Å². The highest BCUT2D eigenvalue weighted by atomic mass is 16.5. The molecule has 2 aromatic rings. The van der Waals surface area contributed by atoms with Gasteiger partial charge in [0.1, 0.15) is 11.5 Å². The molecule has 0 aliphatic heterocycles. The Bertz CT molecular complexity index is 881. The summed E-state index contributed by atoms with van der Waals surface area (Å²) in [6.07, 6.45) is -0.109. The molecule has 0 aliphatic carbocycles. The number of ether oxygens (including phenoxy) is 5. The summed E-state index contributed by atoms with van der Waals surface area (Å²) in [5, 5.41) is 21.5. The van der Waals surface area contributed by atoms with Gasteiger partial charge in [0.2, 0.25) is 0 Å². The van der Waals surface area contributed by atoms with Gasteiger partial charge in [-0.2, -0.15) is 0 Å². The van der Waals surface area contributed by atoms with E-state index in [2.05, 4.69) is 13.8 Å². The molecular formula is C26H38O7. The van der Waals surface area contributed by atoms with E-state index in [1.54, 1.807) is 28.4 Å². The third-order valence-corrected chi connectivity index (χ3v) is 5.80. The van der Waals surface area contributed by atoms with Crippen molar-refractivity contribution in [1.82, 2.24) is 0 Å². The normalized spacial score (nSPS) is 12.8. The fraction of sp³-hybridized carbons (Fsp3) is 0.538. The Morgan fingerprint density at radius 2 is 1.03 bits per heavy atom. The maximum atomic E-state index is 10.8. The van der Waals surface area contributed by atoms with Crippen molar-refractivity contribution in [2.45, 2.75) is 58.7 Å². The molecule has 0 saturated carbocycles. The number of phenols is 2. The molecule has 184 valence electrons. The molecule has 1 atom stereocenters. The topological polar surface area (TPSA) is 86.6 Å². The highest BCUT2D eigenvalue weighted by Crippen LogP contribution is 2.39. The molecule has 0 aromatic heterocycles. The van der Waals surface area contributed by atoms with E-state index >= 15 is 0 Å². The minimum absolute atomic E-state index is 0.109. The van der Waals surface area contributed by atoms with Crippen molar-refractivity contribution in [2.75, 3.05) is 35.0 Å². The van der Waals surface area contributed by atoms with Crippen LogP contribution in [0.4, 0.5) is 0 Å². The number of rotatable bonds is 13. The maximum Gasteiger partial charge on any atom is 0.126 e. The van der Waals surface area contributed by atoms with E-state index in [-0.39, 0.29) is 44.0 Å². The van der Waals surface area contributed by atoms with Crippen LogP contribution in [0.2, 0.25) is 0 Å². The van der Waals surface area contributed by atoms with Gasteiger partial charge in [0, 0.05) is 56.1 Å². The second-order valence-corrected chi connectivity index (χ2v) is 8.79. The first-order valence-corrected chi connectivity index (χ1v) is 11.0. The molecule has 0 saturated heterocycles. The predicted octanol–water partition coefficient (Wildman–Crippen LogP) is 4.41. The monoisotopic (exact) mass is 462 g/mol. The van der Waals surface area contributed by atoms with Crippen LogP contribution >= 0.6 is 0 Å². The van der Waals surface area contributed by atoms with Crippen molar-refractivity contribution >= 4 is 0 Å². The largest absolute Gasteiger partial charge is 0.507 e. The fourth-order valence-electron chi connectivity index (χ4n) is 3.83. The third kappa shape index (κ3) is 6.68. The zero-order chi connectivity index (χ0) is 24.6. The fourth-order valence-corrected chi connectivity index (χ4v) is 3.83. The van der Waals surface area contributed by atoms with Crippen LogP contribution in [-0.4, -0.2) is 51.4 Å². The Balaban J connectivity index is 2.56. The summed E-state index contributed by atoms with van der Waals surface area (Å²) in [5.41, 5.74) is 4.29. The lowest BCUT2D eigenvalue weighted by atomic mass is 9.76. The highest BCUT2D eigenvalue weighted by molar-refractivity contribution is 5.52. The summed E-state index contributed by atoms with van der Waals surface area (Å²) in [5.74, 6) is 0.358. The predicted molar refractivity (Wildman–Crippen MR) is 127 cm³/mol. The minimum Gasteiger partial charge on any atom is -0.507 e. The van der Waals surface area contributed by atoms with E-state index < -0.39 is 5.41 Å². The van der Waals surface area contributed by atoms with Crippen LogP contribution in [0.5, 0.6) is 11.5 Å². The third-order valence-electron chi connectivity index (χ3n) is 5.80. The summed E-state index contributed by atoms with van der Waals surface area (Å²) in [7, 11) is 6.43. The molecule has 2 aromatic carbocycles. The lowest BCUT2D eigenvalue weighted by molar-refractivity contribution is -0.000839. The first-order chi connectivity index (χ1) is 15.7. The standard InChI is InChI=1S/C26H38O7/c1-17(12-29-4)33-16-21-11-23(10-20(15-32-7)25(21)28)26(2,3)22-8-18(13-30-5)24(27)19(9-22)14-31-6/h8-11,17,27-28H,12-16H2,1-7H3. The zero-order valence-electron chi connectivity index (χ0n) is 20.9. The molecule has 0 radical (unpaired) electrons. The van der Waals surface area contributed by atoms with E-state index in [0.29, 0.717) is 28.9 Å². The second-order valence-electron chi connectivity index (χ2n) is 8.79. The number of phenolic OH excluding ortho intramolecular Hbond substituents is 2. The Morgan fingerprint density at radius 3 is 1.36 bits per heavy atom. The number of benzene rings is 2. The molecule has 0 spiro atoms. The summed E-state index contributed by atoms with van der Waals surface area (Å²) in [4.78, 5) is 0. The lowest BCUT2D eigenvalue weighted by Crippen LogP contribution is -2.21. The van der Waals surface area contributed by atoms with Crippen molar-refractivity contribution in [3.8, 4) is 11.5 Å². The molecule has 2 rings (SSSR count).